The molecule has 1 aromatic heterocycles. The maximum atomic E-state index is 11.3. The van der Waals surface area contributed by atoms with Gasteiger partial charge in [0.2, 0.25) is 0 Å². The van der Waals surface area contributed by atoms with Crippen molar-refractivity contribution >= 4 is 5.97 Å². The lowest BCUT2D eigenvalue weighted by Gasteiger charge is -2.19. The maximum Gasteiger partial charge on any atom is 0.338 e. The third kappa shape index (κ3) is 1.45. The quantitative estimate of drug-likeness (QED) is 0.797. The fourth-order valence-electron chi connectivity index (χ4n) is 2.65. The lowest BCUT2D eigenvalue weighted by molar-refractivity contribution is 0.0694. The van der Waals surface area contributed by atoms with Gasteiger partial charge in [-0.25, -0.2) is 4.79 Å². The van der Waals surface area contributed by atoms with Crippen molar-refractivity contribution in [2.75, 3.05) is 6.54 Å². The Morgan fingerprint density at radius 3 is 2.88 bits per heavy atom. The summed E-state index contributed by atoms with van der Waals surface area (Å²) in [6.45, 7) is 2.15. The molecule has 0 spiro atoms. The molecule has 0 bridgehead atoms. The Hall–Kier alpha value is -1.80. The van der Waals surface area contributed by atoms with E-state index in [1.54, 1.807) is 0 Å². The third-order valence-electron chi connectivity index (χ3n) is 3.51. The van der Waals surface area contributed by atoms with Crippen molar-refractivity contribution in [1.29, 1.82) is 5.26 Å². The van der Waals surface area contributed by atoms with E-state index in [0.29, 0.717) is 18.0 Å². The molecule has 3 rings (SSSR count). The molecule has 1 aliphatic heterocycles. The first kappa shape index (κ1) is 10.4. The molecule has 2 heterocycles. The fourth-order valence-corrected chi connectivity index (χ4v) is 2.65. The van der Waals surface area contributed by atoms with Gasteiger partial charge < -0.3 is 15.0 Å². The normalized spacial score (nSPS) is 18.5. The molecular formula is C12H13N3O2. The molecule has 0 saturated heterocycles. The second-order valence-corrected chi connectivity index (χ2v) is 4.60. The fraction of sp³-hybridized carbons (Fsp3) is 0.500. The predicted molar refractivity (Wildman–Crippen MR) is 59.8 cm³/mol. The van der Waals surface area contributed by atoms with E-state index in [1.165, 1.54) is 0 Å². The molecule has 1 aliphatic carbocycles. The molecule has 2 N–H and O–H groups in total. The zero-order valence-electron chi connectivity index (χ0n) is 9.36. The molecule has 1 aromatic rings. The molecule has 1 fully saturated rings. The summed E-state index contributed by atoms with van der Waals surface area (Å²) < 4.78 is 2.05. The maximum absolute atomic E-state index is 11.3. The molecule has 2 aliphatic rings. The summed E-state index contributed by atoms with van der Waals surface area (Å²) in [5.74, 6) is -0.587. The number of rotatable bonds is 2. The minimum Gasteiger partial charge on any atom is -0.478 e. The first-order valence-corrected chi connectivity index (χ1v) is 5.83. The Morgan fingerprint density at radius 2 is 2.29 bits per heavy atom. The summed E-state index contributed by atoms with van der Waals surface area (Å²) in [5, 5.41) is 21.7. The van der Waals surface area contributed by atoms with E-state index < -0.39 is 5.97 Å². The highest BCUT2D eigenvalue weighted by Crippen LogP contribution is 2.44. The number of aromatic carboxylic acids is 1. The standard InChI is InChI=1S/C12H13N3O2/c13-5-8-10(12(16)17)9-6-14-3-4-15(9)11(8)7-1-2-7/h7,14H,1-4,6H2,(H,16,17). The van der Waals surface area contributed by atoms with Gasteiger partial charge in [0.1, 0.15) is 6.07 Å². The van der Waals surface area contributed by atoms with E-state index in [0.717, 1.165) is 37.3 Å². The number of aromatic nitrogens is 1. The van der Waals surface area contributed by atoms with Crippen LogP contribution in [-0.2, 0) is 13.1 Å². The molecule has 0 amide bonds. The van der Waals surface area contributed by atoms with Crippen molar-refractivity contribution in [1.82, 2.24) is 9.88 Å². The zero-order valence-corrected chi connectivity index (χ0v) is 9.36. The number of hydrogen-bond acceptors (Lipinski definition) is 3. The first-order chi connectivity index (χ1) is 8.24. The number of nitrogens with zero attached hydrogens (tertiary/aromatic N) is 2. The van der Waals surface area contributed by atoms with E-state index in [4.69, 9.17) is 0 Å². The zero-order chi connectivity index (χ0) is 12.0. The minimum atomic E-state index is -0.985. The van der Waals surface area contributed by atoms with Crippen LogP contribution in [0.5, 0.6) is 0 Å². The average molecular weight is 231 g/mol. The molecule has 88 valence electrons. The number of carbonyl (C=O) groups is 1. The monoisotopic (exact) mass is 231 g/mol. The predicted octanol–water partition coefficient (Wildman–Crippen LogP) is 1.04. The Labute approximate surface area is 98.7 Å². The van der Waals surface area contributed by atoms with Gasteiger partial charge in [0.15, 0.2) is 0 Å². The number of carboxylic acids is 1. The average Bonchev–Trinajstić information content (AvgIpc) is 3.09. The second-order valence-electron chi connectivity index (χ2n) is 4.60. The summed E-state index contributed by atoms with van der Waals surface area (Å²) in [4.78, 5) is 11.3. The highest BCUT2D eigenvalue weighted by Gasteiger charge is 2.36. The summed E-state index contributed by atoms with van der Waals surface area (Å²) in [6, 6.07) is 2.09. The Bertz CT molecular complexity index is 535. The van der Waals surface area contributed by atoms with Crippen LogP contribution in [0.3, 0.4) is 0 Å². The second kappa shape index (κ2) is 3.60. The largest absolute Gasteiger partial charge is 0.478 e. The van der Waals surface area contributed by atoms with Crippen LogP contribution < -0.4 is 5.32 Å². The van der Waals surface area contributed by atoms with Gasteiger partial charge in [0.05, 0.1) is 11.1 Å². The van der Waals surface area contributed by atoms with Crippen LogP contribution in [0, 0.1) is 11.3 Å². The van der Waals surface area contributed by atoms with E-state index >= 15 is 0 Å². The van der Waals surface area contributed by atoms with Gasteiger partial charge in [0, 0.05) is 36.9 Å². The van der Waals surface area contributed by atoms with Gasteiger partial charge >= 0.3 is 5.97 Å². The molecule has 0 atom stereocenters. The topological polar surface area (TPSA) is 78.1 Å². The van der Waals surface area contributed by atoms with E-state index in [9.17, 15) is 15.2 Å². The van der Waals surface area contributed by atoms with Crippen molar-refractivity contribution in [2.24, 2.45) is 0 Å². The molecule has 1 saturated carbocycles. The smallest absolute Gasteiger partial charge is 0.338 e. The number of nitrogens with one attached hydrogen (secondary N) is 1. The molecule has 5 nitrogen and oxygen atoms in total. The highest BCUT2D eigenvalue weighted by atomic mass is 16.4. The van der Waals surface area contributed by atoms with Gasteiger partial charge in [-0.3, -0.25) is 0 Å². The van der Waals surface area contributed by atoms with Crippen molar-refractivity contribution < 1.29 is 9.90 Å². The number of hydrogen-bond donors (Lipinski definition) is 2. The number of nitriles is 1. The van der Waals surface area contributed by atoms with E-state index in [2.05, 4.69) is 16.0 Å². The van der Waals surface area contributed by atoms with E-state index in [1.807, 2.05) is 0 Å². The van der Waals surface area contributed by atoms with Crippen LogP contribution in [0.4, 0.5) is 0 Å². The molecule has 0 unspecified atom stereocenters. The molecule has 5 heteroatoms. The van der Waals surface area contributed by atoms with Crippen molar-refractivity contribution in [2.45, 2.75) is 31.8 Å². The van der Waals surface area contributed by atoms with Crippen LogP contribution in [0.2, 0.25) is 0 Å². The van der Waals surface area contributed by atoms with Crippen molar-refractivity contribution in [3.8, 4) is 6.07 Å². The van der Waals surface area contributed by atoms with Crippen LogP contribution in [0.15, 0.2) is 0 Å². The Morgan fingerprint density at radius 1 is 1.53 bits per heavy atom. The van der Waals surface area contributed by atoms with Gasteiger partial charge in [-0.1, -0.05) is 0 Å². The molecule has 0 radical (unpaired) electrons. The lowest BCUT2D eigenvalue weighted by Crippen LogP contribution is -2.29. The lowest BCUT2D eigenvalue weighted by atomic mass is 10.1. The minimum absolute atomic E-state index is 0.210. The van der Waals surface area contributed by atoms with Crippen LogP contribution in [0.25, 0.3) is 0 Å². The Balaban J connectivity index is 2.27. The van der Waals surface area contributed by atoms with Gasteiger partial charge in [-0.15, -0.1) is 0 Å². The molecule has 17 heavy (non-hydrogen) atoms. The Kier molecular flexibility index (Phi) is 2.20. The van der Waals surface area contributed by atoms with Crippen LogP contribution in [-0.4, -0.2) is 22.2 Å². The molecule has 0 aromatic carbocycles. The SMILES string of the molecule is N#Cc1c(C(=O)O)c2n(c1C1CC1)CCNC2. The van der Waals surface area contributed by atoms with Gasteiger partial charge in [-0.2, -0.15) is 5.26 Å². The summed E-state index contributed by atoms with van der Waals surface area (Å²) in [6.07, 6.45) is 2.15. The third-order valence-corrected chi connectivity index (χ3v) is 3.51. The number of fused-ring (bicyclic) bond motifs is 1. The van der Waals surface area contributed by atoms with Gasteiger partial charge in [0.25, 0.3) is 0 Å². The van der Waals surface area contributed by atoms with E-state index in [-0.39, 0.29) is 5.56 Å². The number of carboxylic acid groups (broad SMARTS) is 1. The van der Waals surface area contributed by atoms with Crippen LogP contribution in [0.1, 0.15) is 46.1 Å². The van der Waals surface area contributed by atoms with Gasteiger partial charge in [-0.05, 0) is 12.8 Å². The molecular weight excluding hydrogens is 218 g/mol. The summed E-state index contributed by atoms with van der Waals surface area (Å²) in [7, 11) is 0. The highest BCUT2D eigenvalue weighted by molar-refractivity contribution is 5.93. The van der Waals surface area contributed by atoms with Crippen LogP contribution >= 0.6 is 0 Å². The van der Waals surface area contributed by atoms with Crippen molar-refractivity contribution in [3.05, 3.63) is 22.5 Å². The summed E-state index contributed by atoms with van der Waals surface area (Å²) in [5.41, 5.74) is 2.32. The first-order valence-electron chi connectivity index (χ1n) is 5.83. The van der Waals surface area contributed by atoms with Crippen molar-refractivity contribution in [3.63, 3.8) is 0 Å². The summed E-state index contributed by atoms with van der Waals surface area (Å²) >= 11 is 0.